The van der Waals surface area contributed by atoms with Crippen molar-refractivity contribution in [2.24, 2.45) is 5.92 Å². The van der Waals surface area contributed by atoms with Crippen LogP contribution in [0.25, 0.3) is 0 Å². The third-order valence-corrected chi connectivity index (χ3v) is 3.40. The third-order valence-electron chi connectivity index (χ3n) is 3.40. The SMILES string of the molecule is CNCC1CCC1N1CC=CCC1. The summed E-state index contributed by atoms with van der Waals surface area (Å²) in [5, 5.41) is 3.29. The van der Waals surface area contributed by atoms with E-state index >= 15 is 0 Å². The van der Waals surface area contributed by atoms with Gasteiger partial charge in [-0.3, -0.25) is 4.90 Å². The predicted molar refractivity (Wildman–Crippen MR) is 55.8 cm³/mol. The number of hydrogen-bond donors (Lipinski definition) is 1. The van der Waals surface area contributed by atoms with E-state index in [9.17, 15) is 0 Å². The lowest BCUT2D eigenvalue weighted by Gasteiger charge is -2.45. The minimum atomic E-state index is 0.873. The highest BCUT2D eigenvalue weighted by Crippen LogP contribution is 2.32. The normalized spacial score (nSPS) is 34.5. The zero-order valence-electron chi connectivity index (χ0n) is 8.50. The molecule has 13 heavy (non-hydrogen) atoms. The third kappa shape index (κ3) is 1.94. The lowest BCUT2D eigenvalue weighted by molar-refractivity contribution is 0.0709. The van der Waals surface area contributed by atoms with Crippen molar-refractivity contribution >= 4 is 0 Å². The second-order valence-corrected chi connectivity index (χ2v) is 4.22. The van der Waals surface area contributed by atoms with E-state index in [1.54, 1.807) is 0 Å². The Morgan fingerprint density at radius 2 is 2.31 bits per heavy atom. The van der Waals surface area contributed by atoms with E-state index in [4.69, 9.17) is 0 Å². The molecule has 0 amide bonds. The minimum Gasteiger partial charge on any atom is -0.319 e. The lowest BCUT2D eigenvalue weighted by Crippen LogP contribution is -2.51. The summed E-state index contributed by atoms with van der Waals surface area (Å²) in [6.45, 7) is 3.66. The number of nitrogens with one attached hydrogen (secondary N) is 1. The van der Waals surface area contributed by atoms with Gasteiger partial charge in [-0.25, -0.2) is 0 Å². The molecule has 2 unspecified atom stereocenters. The molecule has 1 fully saturated rings. The van der Waals surface area contributed by atoms with Gasteiger partial charge in [0.25, 0.3) is 0 Å². The summed E-state index contributed by atoms with van der Waals surface area (Å²) in [6.07, 6.45) is 8.72. The first-order valence-corrected chi connectivity index (χ1v) is 5.45. The maximum absolute atomic E-state index is 3.29. The van der Waals surface area contributed by atoms with Crippen LogP contribution in [0.15, 0.2) is 12.2 Å². The Labute approximate surface area is 81.0 Å². The Kier molecular flexibility index (Phi) is 3.01. The molecule has 1 aliphatic heterocycles. The van der Waals surface area contributed by atoms with Crippen molar-refractivity contribution in [1.82, 2.24) is 10.2 Å². The van der Waals surface area contributed by atoms with Crippen LogP contribution in [0.4, 0.5) is 0 Å². The highest BCUT2D eigenvalue weighted by atomic mass is 15.2. The maximum Gasteiger partial charge on any atom is 0.0166 e. The highest BCUT2D eigenvalue weighted by Gasteiger charge is 2.34. The first-order valence-electron chi connectivity index (χ1n) is 5.45. The molecular formula is C11H20N2. The number of nitrogens with zero attached hydrogens (tertiary/aromatic N) is 1. The summed E-state index contributed by atoms with van der Waals surface area (Å²) in [7, 11) is 2.06. The molecule has 1 N–H and O–H groups in total. The highest BCUT2D eigenvalue weighted by molar-refractivity contribution is 4.97. The van der Waals surface area contributed by atoms with E-state index in [-0.39, 0.29) is 0 Å². The Morgan fingerprint density at radius 1 is 1.38 bits per heavy atom. The van der Waals surface area contributed by atoms with Crippen LogP contribution in [0.1, 0.15) is 19.3 Å². The lowest BCUT2D eigenvalue weighted by atomic mass is 9.78. The summed E-state index contributed by atoms with van der Waals surface area (Å²) < 4.78 is 0. The van der Waals surface area contributed by atoms with Gasteiger partial charge in [-0.05, 0) is 38.8 Å². The molecule has 0 aromatic carbocycles. The van der Waals surface area contributed by atoms with Gasteiger partial charge in [0, 0.05) is 19.1 Å². The fraction of sp³-hybridized carbons (Fsp3) is 0.818. The molecule has 1 heterocycles. The molecule has 1 saturated carbocycles. The topological polar surface area (TPSA) is 15.3 Å². The average molecular weight is 180 g/mol. The molecule has 0 saturated heterocycles. The number of hydrogen-bond acceptors (Lipinski definition) is 2. The van der Waals surface area contributed by atoms with Crippen molar-refractivity contribution in [3.05, 3.63) is 12.2 Å². The Balaban J connectivity index is 1.83. The molecule has 2 nitrogen and oxygen atoms in total. The zero-order valence-corrected chi connectivity index (χ0v) is 8.50. The van der Waals surface area contributed by atoms with Gasteiger partial charge in [0.2, 0.25) is 0 Å². The predicted octanol–water partition coefficient (Wildman–Crippen LogP) is 1.25. The molecule has 0 bridgehead atoms. The second-order valence-electron chi connectivity index (χ2n) is 4.22. The van der Waals surface area contributed by atoms with Crippen LogP contribution in [-0.2, 0) is 0 Å². The van der Waals surface area contributed by atoms with Gasteiger partial charge in [-0.1, -0.05) is 12.2 Å². The van der Waals surface area contributed by atoms with Crippen LogP contribution in [0.5, 0.6) is 0 Å². The average Bonchev–Trinajstić information content (AvgIpc) is 2.14. The Bertz CT molecular complexity index is 189. The quantitative estimate of drug-likeness (QED) is 0.658. The zero-order chi connectivity index (χ0) is 9.10. The van der Waals surface area contributed by atoms with Gasteiger partial charge in [-0.2, -0.15) is 0 Å². The van der Waals surface area contributed by atoms with Gasteiger partial charge < -0.3 is 5.32 Å². The van der Waals surface area contributed by atoms with Gasteiger partial charge in [0.1, 0.15) is 0 Å². The second kappa shape index (κ2) is 4.25. The molecule has 0 spiro atoms. The molecule has 2 atom stereocenters. The van der Waals surface area contributed by atoms with Crippen molar-refractivity contribution in [1.29, 1.82) is 0 Å². The van der Waals surface area contributed by atoms with Crippen LogP contribution in [0.2, 0.25) is 0 Å². The van der Waals surface area contributed by atoms with E-state index in [2.05, 4.69) is 29.4 Å². The molecule has 2 heteroatoms. The van der Waals surface area contributed by atoms with Crippen LogP contribution >= 0.6 is 0 Å². The summed E-state index contributed by atoms with van der Waals surface area (Å²) >= 11 is 0. The molecule has 0 aromatic heterocycles. The van der Waals surface area contributed by atoms with E-state index in [0.29, 0.717) is 0 Å². The summed E-state index contributed by atoms with van der Waals surface area (Å²) in [5.41, 5.74) is 0. The smallest absolute Gasteiger partial charge is 0.0166 e. The van der Waals surface area contributed by atoms with E-state index in [1.807, 2.05) is 0 Å². The Morgan fingerprint density at radius 3 is 2.85 bits per heavy atom. The van der Waals surface area contributed by atoms with Crippen LogP contribution < -0.4 is 5.32 Å². The van der Waals surface area contributed by atoms with E-state index in [0.717, 1.165) is 12.0 Å². The van der Waals surface area contributed by atoms with Crippen molar-refractivity contribution in [2.45, 2.75) is 25.3 Å². The summed E-state index contributed by atoms with van der Waals surface area (Å²) in [4.78, 5) is 2.64. The molecule has 0 radical (unpaired) electrons. The van der Waals surface area contributed by atoms with Crippen LogP contribution in [-0.4, -0.2) is 37.6 Å². The van der Waals surface area contributed by atoms with Crippen LogP contribution in [0.3, 0.4) is 0 Å². The molecule has 0 aromatic rings. The molecular weight excluding hydrogens is 160 g/mol. The minimum absolute atomic E-state index is 0.873. The van der Waals surface area contributed by atoms with Gasteiger partial charge in [0.15, 0.2) is 0 Å². The van der Waals surface area contributed by atoms with Crippen LogP contribution in [0, 0.1) is 5.92 Å². The monoisotopic (exact) mass is 180 g/mol. The van der Waals surface area contributed by atoms with Crippen molar-refractivity contribution in [2.75, 3.05) is 26.7 Å². The standard InChI is InChI=1S/C11H20N2/c1-12-9-10-5-6-11(10)13-7-3-2-4-8-13/h2-3,10-12H,4-9H2,1H3. The van der Waals surface area contributed by atoms with Crippen molar-refractivity contribution < 1.29 is 0 Å². The van der Waals surface area contributed by atoms with E-state index < -0.39 is 0 Å². The van der Waals surface area contributed by atoms with Gasteiger partial charge in [0.05, 0.1) is 0 Å². The summed E-state index contributed by atoms with van der Waals surface area (Å²) in [5.74, 6) is 0.913. The first-order chi connectivity index (χ1) is 6.42. The molecule has 2 rings (SSSR count). The van der Waals surface area contributed by atoms with E-state index in [1.165, 1.54) is 38.9 Å². The van der Waals surface area contributed by atoms with Crippen molar-refractivity contribution in [3.63, 3.8) is 0 Å². The Hall–Kier alpha value is -0.340. The van der Waals surface area contributed by atoms with Crippen molar-refractivity contribution in [3.8, 4) is 0 Å². The molecule has 2 aliphatic rings. The largest absolute Gasteiger partial charge is 0.319 e. The first kappa shape index (κ1) is 9.22. The maximum atomic E-state index is 3.29. The fourth-order valence-corrected chi connectivity index (χ4v) is 2.49. The molecule has 74 valence electrons. The fourth-order valence-electron chi connectivity index (χ4n) is 2.49. The molecule has 1 aliphatic carbocycles. The van der Waals surface area contributed by atoms with Gasteiger partial charge in [-0.15, -0.1) is 0 Å². The van der Waals surface area contributed by atoms with Gasteiger partial charge >= 0.3 is 0 Å². The summed E-state index contributed by atoms with van der Waals surface area (Å²) in [6, 6.07) is 0.873. The number of rotatable bonds is 3.